The normalized spacial score (nSPS) is 20.8. The van der Waals surface area contributed by atoms with Crippen molar-refractivity contribution in [3.63, 3.8) is 0 Å². The van der Waals surface area contributed by atoms with Crippen molar-refractivity contribution in [3.8, 4) is 0 Å². The second kappa shape index (κ2) is 6.75. The molecule has 0 spiro atoms. The molecule has 3 N–H and O–H groups in total. The molecule has 0 radical (unpaired) electrons. The quantitative estimate of drug-likeness (QED) is 0.721. The highest BCUT2D eigenvalue weighted by Crippen LogP contribution is 2.22. The van der Waals surface area contributed by atoms with Crippen molar-refractivity contribution in [3.05, 3.63) is 0 Å². The molecule has 0 bridgehead atoms. The zero-order chi connectivity index (χ0) is 12.0. The van der Waals surface area contributed by atoms with E-state index in [1.807, 2.05) is 0 Å². The van der Waals surface area contributed by atoms with Crippen molar-refractivity contribution in [2.45, 2.75) is 24.5 Å². The van der Waals surface area contributed by atoms with Crippen LogP contribution >= 0.6 is 11.8 Å². The fourth-order valence-electron chi connectivity index (χ4n) is 1.74. The molecule has 6 heteroatoms. The van der Waals surface area contributed by atoms with Crippen LogP contribution in [0.1, 0.15) is 19.3 Å². The fraction of sp³-hybridized carbons (Fsp3) is 0.800. The lowest BCUT2D eigenvalue weighted by atomic mass is 10.1. The number of carbonyl (C=O) groups is 2. The van der Waals surface area contributed by atoms with Crippen molar-refractivity contribution in [2.75, 3.05) is 25.4 Å². The summed E-state index contributed by atoms with van der Waals surface area (Å²) in [7, 11) is 0. The van der Waals surface area contributed by atoms with E-state index in [0.717, 1.165) is 19.4 Å². The number of aliphatic carboxylic acids is 1. The Balaban J connectivity index is 2.27. The van der Waals surface area contributed by atoms with Gasteiger partial charge in [-0.25, -0.2) is 0 Å². The smallest absolute Gasteiger partial charge is 0.304 e. The van der Waals surface area contributed by atoms with Gasteiger partial charge in [0.25, 0.3) is 0 Å². The van der Waals surface area contributed by atoms with Gasteiger partial charge in [0.15, 0.2) is 0 Å². The van der Waals surface area contributed by atoms with Gasteiger partial charge in [-0.15, -0.1) is 0 Å². The average molecular weight is 246 g/mol. The van der Waals surface area contributed by atoms with Gasteiger partial charge >= 0.3 is 5.97 Å². The Morgan fingerprint density at radius 2 is 2.25 bits per heavy atom. The zero-order valence-corrected chi connectivity index (χ0v) is 10.0. The summed E-state index contributed by atoms with van der Waals surface area (Å²) in [5.41, 5.74) is 5.31. The van der Waals surface area contributed by atoms with Gasteiger partial charge in [0.2, 0.25) is 5.91 Å². The summed E-state index contributed by atoms with van der Waals surface area (Å²) in [6.07, 6.45) is 2.22. The molecule has 1 rings (SSSR count). The molecule has 1 saturated heterocycles. The minimum absolute atomic E-state index is 0.0106. The van der Waals surface area contributed by atoms with Gasteiger partial charge in [-0.3, -0.25) is 9.59 Å². The van der Waals surface area contributed by atoms with Crippen LogP contribution in [0.3, 0.4) is 0 Å². The lowest BCUT2D eigenvalue weighted by Gasteiger charge is -2.32. The number of rotatable bonds is 5. The Kier molecular flexibility index (Phi) is 5.62. The van der Waals surface area contributed by atoms with Crippen LogP contribution in [-0.4, -0.2) is 52.5 Å². The lowest BCUT2D eigenvalue weighted by molar-refractivity contribution is -0.136. The van der Waals surface area contributed by atoms with Crippen molar-refractivity contribution in [2.24, 2.45) is 5.73 Å². The van der Waals surface area contributed by atoms with Crippen LogP contribution in [0.15, 0.2) is 0 Å². The Hall–Kier alpha value is -0.750. The molecule has 0 aromatic carbocycles. The first kappa shape index (κ1) is 13.3. The summed E-state index contributed by atoms with van der Waals surface area (Å²) >= 11 is 1.64. The zero-order valence-electron chi connectivity index (χ0n) is 9.22. The Labute approximate surface area is 99.4 Å². The molecule has 92 valence electrons. The molecule has 1 fully saturated rings. The van der Waals surface area contributed by atoms with Gasteiger partial charge in [-0.2, -0.15) is 11.8 Å². The number of carboxylic acids is 1. The van der Waals surface area contributed by atoms with Gasteiger partial charge in [-0.1, -0.05) is 0 Å². The molecule has 0 aromatic rings. The molecule has 0 aromatic heterocycles. The predicted molar refractivity (Wildman–Crippen MR) is 63.4 cm³/mol. The van der Waals surface area contributed by atoms with Crippen LogP contribution < -0.4 is 5.73 Å². The number of carbonyl (C=O) groups excluding carboxylic acids is 1. The van der Waals surface area contributed by atoms with Crippen molar-refractivity contribution < 1.29 is 14.7 Å². The number of likely N-dealkylation sites (tertiary alicyclic amines) is 1. The van der Waals surface area contributed by atoms with E-state index >= 15 is 0 Å². The number of nitrogens with two attached hydrogens (primary N) is 1. The summed E-state index contributed by atoms with van der Waals surface area (Å²) in [6.45, 7) is 1.55. The Morgan fingerprint density at radius 1 is 1.50 bits per heavy atom. The summed E-state index contributed by atoms with van der Waals surface area (Å²) in [5.74, 6) is -0.160. The van der Waals surface area contributed by atoms with Gasteiger partial charge < -0.3 is 15.7 Å². The third-order valence-electron chi connectivity index (χ3n) is 2.57. The maximum Gasteiger partial charge on any atom is 0.304 e. The van der Waals surface area contributed by atoms with Crippen molar-refractivity contribution >= 4 is 23.6 Å². The van der Waals surface area contributed by atoms with E-state index < -0.39 is 5.97 Å². The monoisotopic (exact) mass is 246 g/mol. The van der Waals surface area contributed by atoms with Gasteiger partial charge in [0.05, 0.1) is 13.0 Å². The number of amides is 1. The summed E-state index contributed by atoms with van der Waals surface area (Å²) in [4.78, 5) is 23.5. The highest BCUT2D eigenvalue weighted by Gasteiger charge is 2.22. The second-order valence-electron chi connectivity index (χ2n) is 3.82. The lowest BCUT2D eigenvalue weighted by Crippen LogP contribution is -2.44. The second-order valence-corrected chi connectivity index (χ2v) is 5.23. The van der Waals surface area contributed by atoms with Crippen LogP contribution in [0.4, 0.5) is 0 Å². The molecule has 1 amide bonds. The SMILES string of the molecule is NCC(=O)N1CCCC(SCCC(=O)O)C1. The summed E-state index contributed by atoms with van der Waals surface area (Å²) in [6, 6.07) is 0. The van der Waals surface area contributed by atoms with E-state index in [9.17, 15) is 9.59 Å². The molecule has 1 atom stereocenters. The van der Waals surface area contributed by atoms with E-state index in [-0.39, 0.29) is 18.9 Å². The molecular weight excluding hydrogens is 228 g/mol. The fourth-order valence-corrected chi connectivity index (χ4v) is 2.99. The first-order valence-corrected chi connectivity index (χ1v) is 6.49. The largest absolute Gasteiger partial charge is 0.481 e. The predicted octanol–water partition coefficient (Wildman–Crippen LogP) is 0.144. The third kappa shape index (κ3) is 4.40. The molecule has 1 aliphatic rings. The molecule has 0 saturated carbocycles. The van der Waals surface area contributed by atoms with Crippen LogP contribution in [0.25, 0.3) is 0 Å². The van der Waals surface area contributed by atoms with E-state index in [1.54, 1.807) is 16.7 Å². The molecule has 1 aliphatic heterocycles. The first-order valence-electron chi connectivity index (χ1n) is 5.44. The van der Waals surface area contributed by atoms with Gasteiger partial charge in [0, 0.05) is 24.1 Å². The number of nitrogens with zero attached hydrogens (tertiary/aromatic N) is 1. The van der Waals surface area contributed by atoms with E-state index in [4.69, 9.17) is 10.8 Å². The van der Waals surface area contributed by atoms with E-state index in [0.29, 0.717) is 17.5 Å². The molecule has 1 heterocycles. The number of hydrogen-bond acceptors (Lipinski definition) is 4. The maximum atomic E-state index is 11.4. The Bertz CT molecular complexity index is 260. The number of hydrogen-bond donors (Lipinski definition) is 2. The van der Waals surface area contributed by atoms with Crippen LogP contribution in [0.5, 0.6) is 0 Å². The topological polar surface area (TPSA) is 83.6 Å². The van der Waals surface area contributed by atoms with E-state index in [2.05, 4.69) is 0 Å². The molecule has 5 nitrogen and oxygen atoms in total. The van der Waals surface area contributed by atoms with Gasteiger partial charge in [-0.05, 0) is 12.8 Å². The minimum Gasteiger partial charge on any atom is -0.481 e. The van der Waals surface area contributed by atoms with Gasteiger partial charge in [0.1, 0.15) is 0 Å². The molecule has 1 unspecified atom stereocenters. The maximum absolute atomic E-state index is 11.4. The highest BCUT2D eigenvalue weighted by atomic mass is 32.2. The van der Waals surface area contributed by atoms with Crippen molar-refractivity contribution in [1.82, 2.24) is 4.90 Å². The van der Waals surface area contributed by atoms with Crippen molar-refractivity contribution in [1.29, 1.82) is 0 Å². The summed E-state index contributed by atoms with van der Waals surface area (Å²) in [5, 5.41) is 8.89. The molecule has 0 aliphatic carbocycles. The standard InChI is InChI=1S/C10H18N2O3S/c11-6-9(13)12-4-1-2-8(7-12)16-5-3-10(14)15/h8H,1-7,11H2,(H,14,15). The Morgan fingerprint density at radius 3 is 2.88 bits per heavy atom. The van der Waals surface area contributed by atoms with Crippen LogP contribution in [0, 0.1) is 0 Å². The molecular formula is C10H18N2O3S. The number of carboxylic acid groups (broad SMARTS) is 1. The number of thioether (sulfide) groups is 1. The highest BCUT2D eigenvalue weighted by molar-refractivity contribution is 7.99. The third-order valence-corrected chi connectivity index (χ3v) is 3.87. The average Bonchev–Trinajstić information content (AvgIpc) is 2.28. The van der Waals surface area contributed by atoms with Crippen LogP contribution in [-0.2, 0) is 9.59 Å². The number of piperidine rings is 1. The first-order chi connectivity index (χ1) is 7.63. The van der Waals surface area contributed by atoms with Crippen LogP contribution in [0.2, 0.25) is 0 Å². The summed E-state index contributed by atoms with van der Waals surface area (Å²) < 4.78 is 0. The minimum atomic E-state index is -0.766. The van der Waals surface area contributed by atoms with E-state index in [1.165, 1.54) is 0 Å². The molecule has 16 heavy (non-hydrogen) atoms.